The normalized spacial score (nSPS) is 29.5. The van der Waals surface area contributed by atoms with Crippen molar-refractivity contribution in [1.82, 2.24) is 14.7 Å². The molecule has 1 aromatic rings. The summed E-state index contributed by atoms with van der Waals surface area (Å²) in [5.74, 6) is -1.90. The molecule has 7 heteroatoms. The van der Waals surface area contributed by atoms with Crippen LogP contribution in [0.15, 0.2) is 18.5 Å². The summed E-state index contributed by atoms with van der Waals surface area (Å²) in [6, 6.07) is 1.97. The van der Waals surface area contributed by atoms with Crippen LogP contribution in [0.25, 0.3) is 0 Å². The average Bonchev–Trinajstić information content (AvgIpc) is 3.08. The van der Waals surface area contributed by atoms with E-state index in [9.17, 15) is 18.0 Å². The fourth-order valence-electron chi connectivity index (χ4n) is 3.84. The van der Waals surface area contributed by atoms with E-state index in [1.807, 2.05) is 16.9 Å². The number of hydrogen-bond acceptors (Lipinski definition) is 2. The molecule has 1 aromatic heterocycles. The zero-order valence-electron chi connectivity index (χ0n) is 13.0. The SMILES string of the molecule is O=C([C@@H]1CCC[C@H](C(F)(F)F)C1)N1CCC[C@@H](n2cccn2)C1. The number of aromatic nitrogens is 2. The molecule has 2 aliphatic rings. The first kappa shape index (κ1) is 16.3. The maximum atomic E-state index is 12.9. The van der Waals surface area contributed by atoms with Crippen LogP contribution in [0.2, 0.25) is 0 Å². The summed E-state index contributed by atoms with van der Waals surface area (Å²) in [6.45, 7) is 1.19. The summed E-state index contributed by atoms with van der Waals surface area (Å²) >= 11 is 0. The Labute approximate surface area is 133 Å². The molecule has 3 atom stereocenters. The first-order valence-corrected chi connectivity index (χ1v) is 8.30. The quantitative estimate of drug-likeness (QED) is 0.834. The first-order valence-electron chi connectivity index (χ1n) is 8.30. The minimum atomic E-state index is -4.18. The van der Waals surface area contributed by atoms with Crippen molar-refractivity contribution in [2.75, 3.05) is 13.1 Å². The number of nitrogens with zero attached hydrogens (tertiary/aromatic N) is 3. The largest absolute Gasteiger partial charge is 0.391 e. The fraction of sp³-hybridized carbons (Fsp3) is 0.750. The molecule has 2 fully saturated rings. The Hall–Kier alpha value is -1.53. The van der Waals surface area contributed by atoms with E-state index in [4.69, 9.17) is 0 Å². The molecule has 128 valence electrons. The van der Waals surface area contributed by atoms with Gasteiger partial charge in [-0.3, -0.25) is 9.48 Å². The monoisotopic (exact) mass is 329 g/mol. The molecule has 0 spiro atoms. The second-order valence-corrected chi connectivity index (χ2v) is 6.67. The predicted molar refractivity (Wildman–Crippen MR) is 78.6 cm³/mol. The van der Waals surface area contributed by atoms with Gasteiger partial charge in [-0.2, -0.15) is 18.3 Å². The van der Waals surface area contributed by atoms with Crippen molar-refractivity contribution in [1.29, 1.82) is 0 Å². The molecule has 2 heterocycles. The molecule has 23 heavy (non-hydrogen) atoms. The molecule has 4 nitrogen and oxygen atoms in total. The van der Waals surface area contributed by atoms with Crippen LogP contribution in [0.5, 0.6) is 0 Å². The molecule has 1 aliphatic heterocycles. The van der Waals surface area contributed by atoms with E-state index in [0.717, 1.165) is 12.8 Å². The van der Waals surface area contributed by atoms with Crippen molar-refractivity contribution in [3.8, 4) is 0 Å². The molecule has 0 radical (unpaired) electrons. The lowest BCUT2D eigenvalue weighted by atomic mass is 9.80. The number of alkyl halides is 3. The van der Waals surface area contributed by atoms with Crippen LogP contribution in [-0.2, 0) is 4.79 Å². The Morgan fingerprint density at radius 1 is 1.17 bits per heavy atom. The second-order valence-electron chi connectivity index (χ2n) is 6.67. The summed E-state index contributed by atoms with van der Waals surface area (Å²) in [6.07, 6.45) is 2.38. The summed E-state index contributed by atoms with van der Waals surface area (Å²) in [5, 5.41) is 4.22. The maximum absolute atomic E-state index is 12.9. The Morgan fingerprint density at radius 2 is 2.00 bits per heavy atom. The van der Waals surface area contributed by atoms with Gasteiger partial charge in [0.1, 0.15) is 0 Å². The molecule has 1 saturated heterocycles. The van der Waals surface area contributed by atoms with Gasteiger partial charge in [0.25, 0.3) is 0 Å². The fourth-order valence-corrected chi connectivity index (χ4v) is 3.84. The lowest BCUT2D eigenvalue weighted by molar-refractivity contribution is -0.187. The van der Waals surface area contributed by atoms with Crippen molar-refractivity contribution in [3.05, 3.63) is 18.5 Å². The Balaban J connectivity index is 1.63. The molecule has 0 aromatic carbocycles. The third-order valence-electron chi connectivity index (χ3n) is 5.09. The highest BCUT2D eigenvalue weighted by molar-refractivity contribution is 5.79. The minimum Gasteiger partial charge on any atom is -0.340 e. The van der Waals surface area contributed by atoms with Crippen LogP contribution in [-0.4, -0.2) is 39.9 Å². The number of halogens is 3. The van der Waals surface area contributed by atoms with E-state index < -0.39 is 18.0 Å². The van der Waals surface area contributed by atoms with Gasteiger partial charge in [0, 0.05) is 31.4 Å². The lowest BCUT2D eigenvalue weighted by Gasteiger charge is -2.37. The summed E-state index contributed by atoms with van der Waals surface area (Å²) in [4.78, 5) is 14.4. The van der Waals surface area contributed by atoms with Crippen molar-refractivity contribution in [3.63, 3.8) is 0 Å². The number of amides is 1. The van der Waals surface area contributed by atoms with Gasteiger partial charge in [-0.25, -0.2) is 0 Å². The van der Waals surface area contributed by atoms with Gasteiger partial charge in [-0.1, -0.05) is 6.42 Å². The standard InChI is InChI=1S/C16H22F3N3O/c17-16(18,19)13-5-1-4-12(10-13)15(23)21-8-2-6-14(11-21)22-9-3-7-20-22/h3,7,9,12-14H,1-2,4-6,8,10-11H2/t12-,13+,14-/m1/s1. The zero-order chi connectivity index (χ0) is 16.4. The van der Waals surface area contributed by atoms with Gasteiger partial charge < -0.3 is 4.90 Å². The smallest absolute Gasteiger partial charge is 0.340 e. The van der Waals surface area contributed by atoms with E-state index in [-0.39, 0.29) is 24.8 Å². The average molecular weight is 329 g/mol. The summed E-state index contributed by atoms with van der Waals surface area (Å²) in [7, 11) is 0. The molecule has 1 amide bonds. The maximum Gasteiger partial charge on any atom is 0.391 e. The molecular weight excluding hydrogens is 307 g/mol. The Bertz CT molecular complexity index is 529. The van der Waals surface area contributed by atoms with E-state index in [1.54, 1.807) is 11.1 Å². The van der Waals surface area contributed by atoms with Gasteiger partial charge in [0.15, 0.2) is 0 Å². The highest BCUT2D eigenvalue weighted by atomic mass is 19.4. The highest BCUT2D eigenvalue weighted by Crippen LogP contribution is 2.40. The number of carbonyl (C=O) groups is 1. The van der Waals surface area contributed by atoms with Gasteiger partial charge in [-0.15, -0.1) is 0 Å². The molecule has 0 unspecified atom stereocenters. The lowest BCUT2D eigenvalue weighted by Crippen LogP contribution is -2.45. The number of hydrogen-bond donors (Lipinski definition) is 0. The van der Waals surface area contributed by atoms with Gasteiger partial charge >= 0.3 is 6.18 Å². The molecule has 1 aliphatic carbocycles. The van der Waals surface area contributed by atoms with Crippen molar-refractivity contribution >= 4 is 5.91 Å². The first-order chi connectivity index (χ1) is 10.9. The van der Waals surface area contributed by atoms with Crippen LogP contribution >= 0.6 is 0 Å². The van der Waals surface area contributed by atoms with Crippen LogP contribution < -0.4 is 0 Å². The van der Waals surface area contributed by atoms with Crippen LogP contribution in [0.3, 0.4) is 0 Å². The van der Waals surface area contributed by atoms with Gasteiger partial charge in [0.05, 0.1) is 12.0 Å². The molecule has 1 saturated carbocycles. The third kappa shape index (κ3) is 3.70. The zero-order valence-corrected chi connectivity index (χ0v) is 13.0. The molecule has 0 N–H and O–H groups in total. The van der Waals surface area contributed by atoms with E-state index in [2.05, 4.69) is 5.10 Å². The molecule has 3 rings (SSSR count). The Kier molecular flexibility index (Phi) is 4.64. The van der Waals surface area contributed by atoms with E-state index in [0.29, 0.717) is 25.9 Å². The second kappa shape index (κ2) is 6.53. The number of carbonyl (C=O) groups excluding carboxylic acids is 1. The van der Waals surface area contributed by atoms with E-state index in [1.165, 1.54) is 0 Å². The third-order valence-corrected chi connectivity index (χ3v) is 5.09. The van der Waals surface area contributed by atoms with Crippen LogP contribution in [0.1, 0.15) is 44.6 Å². The number of likely N-dealkylation sites (tertiary alicyclic amines) is 1. The molecular formula is C16H22F3N3O. The summed E-state index contributed by atoms with van der Waals surface area (Å²) in [5.41, 5.74) is 0. The van der Waals surface area contributed by atoms with Crippen LogP contribution in [0.4, 0.5) is 13.2 Å². The Morgan fingerprint density at radius 3 is 2.70 bits per heavy atom. The topological polar surface area (TPSA) is 38.1 Å². The summed E-state index contributed by atoms with van der Waals surface area (Å²) < 4.78 is 40.6. The highest BCUT2D eigenvalue weighted by Gasteiger charge is 2.44. The predicted octanol–water partition coefficient (Wildman–Crippen LogP) is 3.42. The van der Waals surface area contributed by atoms with Crippen molar-refractivity contribution in [2.24, 2.45) is 11.8 Å². The van der Waals surface area contributed by atoms with Gasteiger partial charge in [0.2, 0.25) is 5.91 Å². The minimum absolute atomic E-state index is 0.0503. The van der Waals surface area contributed by atoms with Crippen molar-refractivity contribution in [2.45, 2.75) is 50.7 Å². The van der Waals surface area contributed by atoms with Gasteiger partial charge in [-0.05, 0) is 38.2 Å². The number of rotatable bonds is 2. The van der Waals surface area contributed by atoms with Crippen LogP contribution in [0, 0.1) is 11.8 Å². The molecule has 0 bridgehead atoms. The van der Waals surface area contributed by atoms with Crippen molar-refractivity contribution < 1.29 is 18.0 Å². The van der Waals surface area contributed by atoms with E-state index >= 15 is 0 Å². The number of piperidine rings is 1.